The molecule has 0 radical (unpaired) electrons. The quantitative estimate of drug-likeness (QED) is 0.583. The third kappa shape index (κ3) is 5.69. The average Bonchev–Trinajstić information content (AvgIpc) is 2.45. The summed E-state index contributed by atoms with van der Waals surface area (Å²) in [6.45, 7) is 6.23. The van der Waals surface area contributed by atoms with Gasteiger partial charge in [-0.25, -0.2) is 0 Å². The first-order valence-corrected chi connectivity index (χ1v) is 7.07. The van der Waals surface area contributed by atoms with Gasteiger partial charge in [-0.05, 0) is 31.4 Å². The topological polar surface area (TPSA) is 107 Å². The Kier molecular flexibility index (Phi) is 7.99. The zero-order valence-corrected chi connectivity index (χ0v) is 14.6. The number of methoxy groups -OCH3 is 1. The van der Waals surface area contributed by atoms with Gasteiger partial charge >= 0.3 is 5.69 Å². The van der Waals surface area contributed by atoms with E-state index < -0.39 is 10.5 Å². The van der Waals surface area contributed by atoms with E-state index >= 15 is 0 Å². The van der Waals surface area contributed by atoms with Crippen LogP contribution in [0.1, 0.15) is 37.6 Å². The minimum Gasteiger partial charge on any atom is -0.490 e. The predicted octanol–water partition coefficient (Wildman–Crippen LogP) is 2.52. The zero-order valence-electron chi connectivity index (χ0n) is 13.8. The summed E-state index contributed by atoms with van der Waals surface area (Å²) in [5.41, 5.74) is 5.17. The second-order valence-corrected chi connectivity index (χ2v) is 5.96. The maximum Gasteiger partial charge on any atom is 0.311 e. The van der Waals surface area contributed by atoms with Crippen molar-refractivity contribution >= 4 is 24.0 Å². The first kappa shape index (κ1) is 21.1. The van der Waals surface area contributed by atoms with Gasteiger partial charge in [0.25, 0.3) is 5.91 Å². The molecule has 0 spiro atoms. The number of rotatable bonds is 7. The molecule has 0 aliphatic carbocycles. The van der Waals surface area contributed by atoms with Crippen LogP contribution in [0.2, 0.25) is 0 Å². The summed E-state index contributed by atoms with van der Waals surface area (Å²) in [6.07, 6.45) is 0.716. The Balaban J connectivity index is 0.00000484. The Morgan fingerprint density at radius 2 is 2.09 bits per heavy atom. The highest BCUT2D eigenvalue weighted by molar-refractivity contribution is 5.95. The van der Waals surface area contributed by atoms with Crippen LogP contribution < -0.4 is 15.8 Å². The van der Waals surface area contributed by atoms with E-state index in [1.807, 2.05) is 20.8 Å². The third-order valence-electron chi connectivity index (χ3n) is 3.36. The fourth-order valence-corrected chi connectivity index (χ4v) is 2.41. The van der Waals surface area contributed by atoms with E-state index in [1.54, 1.807) is 0 Å². The highest BCUT2D eigenvalue weighted by atomic mass is 35.5. The van der Waals surface area contributed by atoms with Gasteiger partial charge < -0.3 is 15.8 Å². The van der Waals surface area contributed by atoms with Gasteiger partial charge in [0.2, 0.25) is 0 Å². The van der Waals surface area contributed by atoms with E-state index in [9.17, 15) is 14.9 Å². The van der Waals surface area contributed by atoms with Crippen molar-refractivity contribution < 1.29 is 14.5 Å². The average molecular weight is 346 g/mol. The SMILES string of the molecule is COc1ccc(C(=O)NC(C)(CN)CC(C)C)cc1[N+](=O)[O-].Cl. The predicted molar refractivity (Wildman–Crippen MR) is 91.3 cm³/mol. The summed E-state index contributed by atoms with van der Waals surface area (Å²) in [6, 6.07) is 4.11. The Morgan fingerprint density at radius 1 is 1.48 bits per heavy atom. The normalized spacial score (nSPS) is 13.0. The monoisotopic (exact) mass is 345 g/mol. The van der Waals surface area contributed by atoms with Crippen LogP contribution in [-0.4, -0.2) is 30.0 Å². The number of benzene rings is 1. The van der Waals surface area contributed by atoms with E-state index in [4.69, 9.17) is 10.5 Å². The number of nitro benzene ring substituents is 1. The summed E-state index contributed by atoms with van der Waals surface area (Å²) in [4.78, 5) is 22.8. The Hall–Kier alpha value is -1.86. The minimum atomic E-state index is -0.578. The molecule has 1 atom stereocenters. The van der Waals surface area contributed by atoms with Crippen LogP contribution >= 0.6 is 12.4 Å². The fourth-order valence-electron chi connectivity index (χ4n) is 2.41. The molecule has 130 valence electrons. The zero-order chi connectivity index (χ0) is 16.9. The fraction of sp³-hybridized carbons (Fsp3) is 0.533. The van der Waals surface area contributed by atoms with Crippen molar-refractivity contribution in [1.29, 1.82) is 0 Å². The number of nitro groups is 1. The maximum atomic E-state index is 12.3. The number of halogens is 1. The molecule has 1 rings (SSSR count). The summed E-state index contributed by atoms with van der Waals surface area (Å²) in [7, 11) is 1.34. The molecule has 1 aromatic rings. The molecule has 7 nitrogen and oxygen atoms in total. The van der Waals surface area contributed by atoms with Crippen molar-refractivity contribution in [2.45, 2.75) is 32.7 Å². The first-order valence-electron chi connectivity index (χ1n) is 7.07. The highest BCUT2D eigenvalue weighted by Crippen LogP contribution is 2.27. The molecule has 1 unspecified atom stereocenters. The number of amides is 1. The molecule has 8 heteroatoms. The number of hydrogen-bond acceptors (Lipinski definition) is 5. The van der Waals surface area contributed by atoms with E-state index in [-0.39, 0.29) is 41.9 Å². The Labute approximate surface area is 142 Å². The van der Waals surface area contributed by atoms with E-state index in [1.165, 1.54) is 25.3 Å². The molecule has 0 aromatic heterocycles. The Bertz CT molecular complexity index is 566. The van der Waals surface area contributed by atoms with E-state index in [2.05, 4.69) is 5.32 Å². The molecule has 1 amide bonds. The molecule has 0 bridgehead atoms. The second kappa shape index (κ2) is 8.69. The molecule has 0 saturated heterocycles. The maximum absolute atomic E-state index is 12.3. The van der Waals surface area contributed by atoms with Gasteiger partial charge in [0.1, 0.15) is 0 Å². The van der Waals surface area contributed by atoms with Crippen LogP contribution in [0.25, 0.3) is 0 Å². The minimum absolute atomic E-state index is 0. The van der Waals surface area contributed by atoms with Crippen molar-refractivity contribution in [3.63, 3.8) is 0 Å². The number of hydrogen-bond donors (Lipinski definition) is 2. The first-order chi connectivity index (χ1) is 10.2. The molecule has 0 heterocycles. The van der Waals surface area contributed by atoms with Crippen LogP contribution in [0.4, 0.5) is 5.69 Å². The second-order valence-electron chi connectivity index (χ2n) is 5.96. The summed E-state index contributed by atoms with van der Waals surface area (Å²) < 4.78 is 4.92. The lowest BCUT2D eigenvalue weighted by atomic mass is 9.90. The summed E-state index contributed by atoms with van der Waals surface area (Å²) in [5, 5.41) is 13.9. The van der Waals surface area contributed by atoms with Crippen molar-refractivity contribution in [2.75, 3.05) is 13.7 Å². The van der Waals surface area contributed by atoms with Gasteiger partial charge in [-0.2, -0.15) is 0 Å². The number of carbonyl (C=O) groups is 1. The number of nitrogens with one attached hydrogen (secondary N) is 1. The Morgan fingerprint density at radius 3 is 2.52 bits per heavy atom. The smallest absolute Gasteiger partial charge is 0.311 e. The van der Waals surface area contributed by atoms with Gasteiger partial charge in [-0.15, -0.1) is 12.4 Å². The van der Waals surface area contributed by atoms with Crippen molar-refractivity contribution in [1.82, 2.24) is 5.32 Å². The number of carbonyl (C=O) groups excluding carboxylic acids is 1. The lowest BCUT2D eigenvalue weighted by Crippen LogP contribution is -2.52. The molecule has 23 heavy (non-hydrogen) atoms. The van der Waals surface area contributed by atoms with Gasteiger partial charge in [0.15, 0.2) is 5.75 Å². The van der Waals surface area contributed by atoms with Gasteiger partial charge in [0, 0.05) is 23.7 Å². The van der Waals surface area contributed by atoms with Gasteiger partial charge in [-0.3, -0.25) is 14.9 Å². The van der Waals surface area contributed by atoms with Crippen LogP contribution in [0.3, 0.4) is 0 Å². The lowest BCUT2D eigenvalue weighted by molar-refractivity contribution is -0.385. The molecular formula is C15H24ClN3O4. The molecule has 1 aromatic carbocycles. The molecule has 3 N–H and O–H groups in total. The largest absolute Gasteiger partial charge is 0.490 e. The van der Waals surface area contributed by atoms with E-state index in [0.717, 1.165) is 0 Å². The molecule has 0 fully saturated rings. The van der Waals surface area contributed by atoms with Gasteiger partial charge in [-0.1, -0.05) is 13.8 Å². The van der Waals surface area contributed by atoms with Crippen molar-refractivity contribution in [2.24, 2.45) is 11.7 Å². The standard InChI is InChI=1S/C15H23N3O4.ClH/c1-10(2)8-15(3,9-16)17-14(19)11-5-6-13(22-4)12(7-11)18(20)21;/h5-7,10H,8-9,16H2,1-4H3,(H,17,19);1H. The molecule has 0 aliphatic rings. The van der Waals surface area contributed by atoms with Crippen molar-refractivity contribution in [3.05, 3.63) is 33.9 Å². The van der Waals surface area contributed by atoms with Gasteiger partial charge in [0.05, 0.1) is 12.0 Å². The summed E-state index contributed by atoms with van der Waals surface area (Å²) >= 11 is 0. The molecular weight excluding hydrogens is 322 g/mol. The van der Waals surface area contributed by atoms with Crippen molar-refractivity contribution in [3.8, 4) is 5.75 Å². The summed E-state index contributed by atoms with van der Waals surface area (Å²) in [5.74, 6) is 0.0868. The number of nitrogens with two attached hydrogens (primary N) is 1. The third-order valence-corrected chi connectivity index (χ3v) is 3.36. The molecule has 0 aliphatic heterocycles. The molecule has 0 saturated carbocycles. The highest BCUT2D eigenvalue weighted by Gasteiger charge is 2.27. The lowest BCUT2D eigenvalue weighted by Gasteiger charge is -2.31. The van der Waals surface area contributed by atoms with Crippen LogP contribution in [0.15, 0.2) is 18.2 Å². The van der Waals surface area contributed by atoms with E-state index in [0.29, 0.717) is 12.3 Å². The van der Waals surface area contributed by atoms with Crippen LogP contribution in [0, 0.1) is 16.0 Å². The number of nitrogens with zero attached hydrogens (tertiary/aromatic N) is 1. The van der Waals surface area contributed by atoms with Crippen LogP contribution in [-0.2, 0) is 0 Å². The number of ether oxygens (including phenoxy) is 1. The van der Waals surface area contributed by atoms with Crippen LogP contribution in [0.5, 0.6) is 5.75 Å².